The van der Waals surface area contributed by atoms with E-state index < -0.39 is 0 Å². The molecule has 0 spiro atoms. The lowest BCUT2D eigenvalue weighted by Gasteiger charge is -2.48. The number of benzene rings is 1. The van der Waals surface area contributed by atoms with Crippen LogP contribution in [0.1, 0.15) is 36.5 Å². The summed E-state index contributed by atoms with van der Waals surface area (Å²) in [5.74, 6) is 0. The number of para-hydroxylation sites is 1. The average molecular weight is 293 g/mol. The lowest BCUT2D eigenvalue weighted by molar-refractivity contribution is 0.111. The van der Waals surface area contributed by atoms with Gasteiger partial charge in [-0.25, -0.2) is 0 Å². The maximum Gasteiger partial charge on any atom is 0.152 e. The second-order valence-electron chi connectivity index (χ2n) is 5.94. The van der Waals surface area contributed by atoms with E-state index in [1.165, 1.54) is 25.8 Å². The minimum atomic E-state index is 0.392. The van der Waals surface area contributed by atoms with Crippen molar-refractivity contribution >= 4 is 23.6 Å². The van der Waals surface area contributed by atoms with Crippen LogP contribution in [0.5, 0.6) is 0 Å². The Balaban J connectivity index is 1.91. The van der Waals surface area contributed by atoms with E-state index in [0.717, 1.165) is 25.1 Å². The number of hydrogen-bond acceptors (Lipinski definition) is 3. The molecule has 1 aromatic carbocycles. The molecule has 0 bridgehead atoms. The van der Waals surface area contributed by atoms with Crippen molar-refractivity contribution in [2.45, 2.75) is 38.3 Å². The predicted molar refractivity (Wildman–Crippen MR) is 82.9 cm³/mol. The van der Waals surface area contributed by atoms with E-state index in [0.29, 0.717) is 22.7 Å². The maximum atomic E-state index is 11.3. The molecule has 2 atom stereocenters. The predicted octanol–water partition coefficient (Wildman–Crippen LogP) is 3.22. The molecule has 0 saturated carbocycles. The molecule has 4 heteroatoms. The van der Waals surface area contributed by atoms with Gasteiger partial charge in [-0.2, -0.15) is 0 Å². The monoisotopic (exact) mass is 292 g/mol. The SMILES string of the molecule is CC1CN2CCCCC2CN1c1c(Cl)cccc1C=O. The van der Waals surface area contributed by atoms with Gasteiger partial charge in [0, 0.05) is 30.7 Å². The summed E-state index contributed by atoms with van der Waals surface area (Å²) in [4.78, 5) is 16.2. The average Bonchev–Trinajstić information content (AvgIpc) is 2.46. The zero-order chi connectivity index (χ0) is 14.1. The highest BCUT2D eigenvalue weighted by Gasteiger charge is 2.34. The van der Waals surface area contributed by atoms with E-state index in [1.54, 1.807) is 0 Å². The number of piperazine rings is 1. The number of anilines is 1. The van der Waals surface area contributed by atoms with Crippen LogP contribution >= 0.6 is 11.6 Å². The number of aldehydes is 1. The third-order valence-corrected chi connectivity index (χ3v) is 4.92. The number of piperidine rings is 1. The Morgan fingerprint density at radius 2 is 2.15 bits per heavy atom. The molecule has 0 aliphatic carbocycles. The number of carbonyl (C=O) groups excluding carboxylic acids is 1. The lowest BCUT2D eigenvalue weighted by atomic mass is 9.96. The molecule has 0 N–H and O–H groups in total. The molecule has 2 aliphatic heterocycles. The Kier molecular flexibility index (Phi) is 3.99. The highest BCUT2D eigenvalue weighted by molar-refractivity contribution is 6.34. The van der Waals surface area contributed by atoms with Crippen LogP contribution in [0, 0.1) is 0 Å². The smallest absolute Gasteiger partial charge is 0.152 e. The molecule has 108 valence electrons. The van der Waals surface area contributed by atoms with Crippen molar-refractivity contribution in [3.8, 4) is 0 Å². The first-order chi connectivity index (χ1) is 9.70. The fourth-order valence-corrected chi connectivity index (χ4v) is 3.88. The molecular formula is C16H21ClN2O. The van der Waals surface area contributed by atoms with Crippen molar-refractivity contribution in [2.24, 2.45) is 0 Å². The van der Waals surface area contributed by atoms with Crippen molar-refractivity contribution in [1.29, 1.82) is 0 Å². The van der Waals surface area contributed by atoms with Gasteiger partial charge in [-0.15, -0.1) is 0 Å². The normalized spacial score (nSPS) is 27.2. The minimum Gasteiger partial charge on any atom is -0.364 e. The van der Waals surface area contributed by atoms with Gasteiger partial charge >= 0.3 is 0 Å². The van der Waals surface area contributed by atoms with Crippen LogP contribution < -0.4 is 4.90 Å². The quantitative estimate of drug-likeness (QED) is 0.782. The first kappa shape index (κ1) is 13.9. The molecule has 1 aromatic rings. The molecule has 3 rings (SSSR count). The van der Waals surface area contributed by atoms with Crippen LogP contribution in [-0.4, -0.2) is 42.9 Å². The van der Waals surface area contributed by atoms with Crippen LogP contribution in [-0.2, 0) is 0 Å². The van der Waals surface area contributed by atoms with Gasteiger partial charge in [-0.1, -0.05) is 24.1 Å². The molecule has 2 aliphatic rings. The first-order valence-electron chi connectivity index (χ1n) is 7.45. The Labute approximate surface area is 125 Å². The van der Waals surface area contributed by atoms with E-state index in [2.05, 4.69) is 16.7 Å². The maximum absolute atomic E-state index is 11.3. The second-order valence-corrected chi connectivity index (χ2v) is 6.35. The Morgan fingerprint density at radius 1 is 1.30 bits per heavy atom. The van der Waals surface area contributed by atoms with Crippen molar-refractivity contribution in [1.82, 2.24) is 4.90 Å². The minimum absolute atomic E-state index is 0.392. The van der Waals surface area contributed by atoms with Crippen LogP contribution in [0.4, 0.5) is 5.69 Å². The van der Waals surface area contributed by atoms with Crippen molar-refractivity contribution in [3.05, 3.63) is 28.8 Å². The number of carbonyl (C=O) groups is 1. The van der Waals surface area contributed by atoms with Crippen molar-refractivity contribution in [2.75, 3.05) is 24.5 Å². The molecule has 2 unspecified atom stereocenters. The van der Waals surface area contributed by atoms with Crippen LogP contribution in [0.3, 0.4) is 0 Å². The number of hydrogen-bond donors (Lipinski definition) is 0. The molecule has 2 fully saturated rings. The number of rotatable bonds is 2. The number of fused-ring (bicyclic) bond motifs is 1. The highest BCUT2D eigenvalue weighted by atomic mass is 35.5. The summed E-state index contributed by atoms with van der Waals surface area (Å²) in [6.07, 6.45) is 4.80. The number of nitrogens with zero attached hydrogens (tertiary/aromatic N) is 2. The van der Waals surface area contributed by atoms with Gasteiger partial charge in [0.15, 0.2) is 6.29 Å². The summed E-state index contributed by atoms with van der Waals surface area (Å²) >= 11 is 6.37. The van der Waals surface area contributed by atoms with E-state index in [4.69, 9.17) is 11.6 Å². The molecule has 2 heterocycles. The fourth-order valence-electron chi connectivity index (χ4n) is 3.59. The summed E-state index contributed by atoms with van der Waals surface area (Å²) in [6, 6.07) is 6.58. The molecule has 0 aromatic heterocycles. The van der Waals surface area contributed by atoms with Crippen LogP contribution in [0.25, 0.3) is 0 Å². The van der Waals surface area contributed by atoms with Crippen LogP contribution in [0.15, 0.2) is 18.2 Å². The van der Waals surface area contributed by atoms with E-state index >= 15 is 0 Å². The Hall–Kier alpha value is -1.06. The fraction of sp³-hybridized carbons (Fsp3) is 0.562. The molecule has 0 amide bonds. The molecule has 3 nitrogen and oxygen atoms in total. The number of halogens is 1. The standard InChI is InChI=1S/C16H21ClN2O/c1-12-9-18-8-3-2-6-14(18)10-19(12)16-13(11-20)5-4-7-15(16)17/h4-5,7,11-12,14H,2-3,6,8-10H2,1H3. The highest BCUT2D eigenvalue weighted by Crippen LogP contribution is 2.34. The van der Waals surface area contributed by atoms with Gasteiger partial charge in [-0.3, -0.25) is 9.69 Å². The van der Waals surface area contributed by atoms with Gasteiger partial charge in [-0.05, 0) is 38.4 Å². The third kappa shape index (κ3) is 2.45. The topological polar surface area (TPSA) is 23.6 Å². The summed E-state index contributed by atoms with van der Waals surface area (Å²) in [6.45, 7) is 5.48. The zero-order valence-corrected chi connectivity index (χ0v) is 12.6. The van der Waals surface area contributed by atoms with E-state index in [9.17, 15) is 4.79 Å². The van der Waals surface area contributed by atoms with Gasteiger partial charge in [0.1, 0.15) is 0 Å². The second kappa shape index (κ2) is 5.74. The molecule has 0 radical (unpaired) electrons. The summed E-state index contributed by atoms with van der Waals surface area (Å²) in [5, 5.41) is 0.686. The Morgan fingerprint density at radius 3 is 2.95 bits per heavy atom. The van der Waals surface area contributed by atoms with E-state index in [1.807, 2.05) is 18.2 Å². The van der Waals surface area contributed by atoms with Gasteiger partial charge in [0.2, 0.25) is 0 Å². The lowest BCUT2D eigenvalue weighted by Crippen LogP contribution is -2.59. The van der Waals surface area contributed by atoms with Crippen molar-refractivity contribution in [3.63, 3.8) is 0 Å². The summed E-state index contributed by atoms with van der Waals surface area (Å²) in [5.41, 5.74) is 1.62. The Bertz CT molecular complexity index is 505. The van der Waals surface area contributed by atoms with Crippen molar-refractivity contribution < 1.29 is 4.79 Å². The zero-order valence-electron chi connectivity index (χ0n) is 11.9. The molecule has 2 saturated heterocycles. The summed E-state index contributed by atoms with van der Waals surface area (Å²) in [7, 11) is 0. The molecular weight excluding hydrogens is 272 g/mol. The largest absolute Gasteiger partial charge is 0.364 e. The van der Waals surface area contributed by atoms with Gasteiger partial charge in [0.25, 0.3) is 0 Å². The third-order valence-electron chi connectivity index (χ3n) is 4.62. The van der Waals surface area contributed by atoms with Gasteiger partial charge < -0.3 is 4.90 Å². The van der Waals surface area contributed by atoms with Crippen LogP contribution in [0.2, 0.25) is 5.02 Å². The van der Waals surface area contributed by atoms with E-state index in [-0.39, 0.29) is 0 Å². The molecule has 20 heavy (non-hydrogen) atoms. The van der Waals surface area contributed by atoms with Gasteiger partial charge in [0.05, 0.1) is 10.7 Å². The summed E-state index contributed by atoms with van der Waals surface area (Å²) < 4.78 is 0. The first-order valence-corrected chi connectivity index (χ1v) is 7.83.